The zero-order valence-electron chi connectivity index (χ0n) is 31.9. The van der Waals surface area contributed by atoms with Crippen molar-refractivity contribution in [1.29, 1.82) is 0 Å². The van der Waals surface area contributed by atoms with Crippen molar-refractivity contribution in [1.82, 2.24) is 30.0 Å². The van der Waals surface area contributed by atoms with Gasteiger partial charge in [-0.3, -0.25) is 14.6 Å². The molecular formula is C41H58FN7O2. The van der Waals surface area contributed by atoms with Gasteiger partial charge >= 0.3 is 6.01 Å². The van der Waals surface area contributed by atoms with E-state index in [1.807, 2.05) is 13.8 Å². The smallest absolute Gasteiger partial charge is 0.318 e. The topological polar surface area (TPSA) is 77.1 Å². The molecule has 3 unspecified atom stereocenters. The predicted molar refractivity (Wildman–Crippen MR) is 203 cm³/mol. The Morgan fingerprint density at radius 2 is 1.94 bits per heavy atom. The Morgan fingerprint density at radius 1 is 1.16 bits per heavy atom. The summed E-state index contributed by atoms with van der Waals surface area (Å²) in [6.45, 7) is 10.9. The van der Waals surface area contributed by atoms with Gasteiger partial charge in [-0.2, -0.15) is 9.97 Å². The molecule has 0 saturated carbocycles. The molecule has 5 heterocycles. The van der Waals surface area contributed by atoms with Gasteiger partial charge in [0.25, 0.3) is 5.91 Å². The van der Waals surface area contributed by atoms with E-state index in [-0.39, 0.29) is 11.9 Å². The van der Waals surface area contributed by atoms with Crippen LogP contribution in [0, 0.1) is 12.3 Å². The van der Waals surface area contributed by atoms with Crippen LogP contribution in [-0.4, -0.2) is 104 Å². The molecule has 1 aromatic carbocycles. The van der Waals surface area contributed by atoms with Gasteiger partial charge in [0.15, 0.2) is 0 Å². The highest BCUT2D eigenvalue weighted by Gasteiger charge is 2.35. The molecule has 0 spiro atoms. The summed E-state index contributed by atoms with van der Waals surface area (Å²) in [4.78, 5) is 31.6. The van der Waals surface area contributed by atoms with Gasteiger partial charge in [-0.15, -0.1) is 6.42 Å². The number of carbonyl (C=O) groups is 1. The Labute approximate surface area is 305 Å². The van der Waals surface area contributed by atoms with Gasteiger partial charge in [0.1, 0.15) is 12.0 Å². The first-order valence-corrected chi connectivity index (χ1v) is 18.8. The third-order valence-corrected chi connectivity index (χ3v) is 10.8. The normalized spacial score (nSPS) is 23.4. The van der Waals surface area contributed by atoms with Crippen LogP contribution < -0.4 is 15.0 Å². The standard InChI is InChI=1S/C34H46N6O2.C7H12FN/c1-9-15-24-16-12-13-17-26(24)30-20-28-27(21-39(30)7)32(37-34(36-28)42-8)40-19-14-18-35-29(22-40)25(11-3)31(23(4)10-2)33(41)38(5)6;8-6-4-7-2-1-3-9(7)5-6/h3,12-13,16-17,30,35H,9-10,14-15,18-22H2,1-2,4-8H3;6-7H,1-5H2/b29-25-,31-23-;. The highest BCUT2D eigenvalue weighted by molar-refractivity contribution is 6.00. The molecule has 3 saturated heterocycles. The first-order valence-electron chi connectivity index (χ1n) is 18.8. The first kappa shape index (κ1) is 38.3. The number of halogens is 1. The SMILES string of the molecule is C#CC(=C1\CN(c2nc(OC)nc3c2CN(C)C(c2ccccc2CCC)C3)CCCN1)/C(C(=O)N(C)C)=C(\C)CC.FC1CC2CCCN2C1. The van der Waals surface area contributed by atoms with Crippen LogP contribution in [0.3, 0.4) is 0 Å². The Morgan fingerprint density at radius 3 is 2.63 bits per heavy atom. The van der Waals surface area contributed by atoms with Crippen molar-refractivity contribution in [2.45, 2.75) is 96.9 Å². The highest BCUT2D eigenvalue weighted by atomic mass is 19.1. The van der Waals surface area contributed by atoms with Crippen molar-refractivity contribution in [2.75, 3.05) is 65.9 Å². The second kappa shape index (κ2) is 17.5. The molecule has 1 N–H and O–H groups in total. The zero-order valence-corrected chi connectivity index (χ0v) is 31.9. The lowest BCUT2D eigenvalue weighted by Crippen LogP contribution is -2.36. The van der Waals surface area contributed by atoms with Crippen LogP contribution >= 0.6 is 0 Å². The number of aryl methyl sites for hydroxylation is 1. The number of hydrogen-bond donors (Lipinski definition) is 1. The van der Waals surface area contributed by atoms with Crippen LogP contribution in [0.15, 0.2) is 46.7 Å². The maximum absolute atomic E-state index is 13.3. The molecule has 0 radical (unpaired) electrons. The number of fused-ring (bicyclic) bond motifs is 2. The van der Waals surface area contributed by atoms with Crippen LogP contribution in [-0.2, 0) is 24.2 Å². The van der Waals surface area contributed by atoms with Crippen LogP contribution in [0.2, 0.25) is 0 Å². The Bertz CT molecular complexity index is 1630. The van der Waals surface area contributed by atoms with Crippen LogP contribution in [0.1, 0.15) is 87.7 Å². The summed E-state index contributed by atoms with van der Waals surface area (Å²) in [5.74, 6) is 3.67. The van der Waals surface area contributed by atoms with E-state index in [1.54, 1.807) is 26.1 Å². The number of nitrogens with zero attached hydrogens (tertiary/aromatic N) is 6. The van der Waals surface area contributed by atoms with E-state index in [0.29, 0.717) is 36.3 Å². The van der Waals surface area contributed by atoms with Gasteiger partial charge < -0.3 is 19.9 Å². The minimum Gasteiger partial charge on any atom is -0.467 e. The molecule has 4 aliphatic heterocycles. The Balaban J connectivity index is 0.000000480. The number of allylic oxidation sites excluding steroid dienone is 1. The van der Waals surface area contributed by atoms with Crippen LogP contribution in [0.25, 0.3) is 0 Å². The lowest BCUT2D eigenvalue weighted by Gasteiger charge is -2.37. The summed E-state index contributed by atoms with van der Waals surface area (Å²) in [5, 5.41) is 3.56. The summed E-state index contributed by atoms with van der Waals surface area (Å²) in [6, 6.07) is 9.98. The van der Waals surface area contributed by atoms with E-state index in [4.69, 9.17) is 21.1 Å². The van der Waals surface area contributed by atoms with Crippen molar-refractivity contribution >= 4 is 11.7 Å². The fourth-order valence-electron chi connectivity index (χ4n) is 8.00. The monoisotopic (exact) mass is 699 g/mol. The summed E-state index contributed by atoms with van der Waals surface area (Å²) < 4.78 is 18.2. The van der Waals surface area contributed by atoms with Crippen LogP contribution in [0.5, 0.6) is 6.01 Å². The number of amides is 1. The molecule has 276 valence electrons. The molecule has 3 atom stereocenters. The number of hydrogen-bond acceptors (Lipinski definition) is 8. The lowest BCUT2D eigenvalue weighted by atomic mass is 9.89. The number of carbonyl (C=O) groups excluding carboxylic acids is 1. The van der Waals surface area contributed by atoms with Crippen molar-refractivity contribution in [3.63, 3.8) is 0 Å². The summed E-state index contributed by atoms with van der Waals surface area (Å²) in [7, 11) is 7.34. The lowest BCUT2D eigenvalue weighted by molar-refractivity contribution is -0.124. The molecule has 1 aromatic heterocycles. The van der Waals surface area contributed by atoms with Gasteiger partial charge in [-0.1, -0.05) is 56.0 Å². The number of methoxy groups -OCH3 is 1. The first-order chi connectivity index (χ1) is 24.6. The van der Waals surface area contributed by atoms with Gasteiger partial charge in [-0.25, -0.2) is 4.39 Å². The van der Waals surface area contributed by atoms with Gasteiger partial charge in [-0.05, 0) is 70.2 Å². The molecule has 51 heavy (non-hydrogen) atoms. The van der Waals surface area contributed by atoms with E-state index in [1.165, 1.54) is 24.0 Å². The quantitative estimate of drug-likeness (QED) is 0.272. The third-order valence-electron chi connectivity index (χ3n) is 10.8. The minimum absolute atomic E-state index is 0.0792. The number of rotatable bonds is 8. The number of anilines is 1. The number of terminal acetylenes is 1. The van der Waals surface area contributed by atoms with Crippen molar-refractivity contribution in [3.05, 3.63) is 69.1 Å². The number of nitrogens with one attached hydrogen (secondary N) is 1. The number of alkyl halides is 1. The molecule has 4 aliphatic rings. The van der Waals surface area contributed by atoms with E-state index in [2.05, 4.69) is 64.2 Å². The molecule has 1 amide bonds. The van der Waals surface area contributed by atoms with Crippen molar-refractivity contribution < 1.29 is 13.9 Å². The Kier molecular flexibility index (Phi) is 13.2. The second-order valence-electron chi connectivity index (χ2n) is 14.6. The average Bonchev–Trinajstić information content (AvgIpc) is 3.62. The highest BCUT2D eigenvalue weighted by Crippen LogP contribution is 2.38. The van der Waals surface area contributed by atoms with Gasteiger partial charge in [0, 0.05) is 70.0 Å². The summed E-state index contributed by atoms with van der Waals surface area (Å²) in [6.07, 6.45) is 13.5. The van der Waals surface area contributed by atoms with Crippen LogP contribution in [0.4, 0.5) is 10.2 Å². The third kappa shape index (κ3) is 8.75. The second-order valence-corrected chi connectivity index (χ2v) is 14.6. The van der Waals surface area contributed by atoms with E-state index in [0.717, 1.165) is 93.0 Å². The maximum atomic E-state index is 13.3. The maximum Gasteiger partial charge on any atom is 0.318 e. The fraction of sp³-hybridized carbons (Fsp3) is 0.585. The molecular weight excluding hydrogens is 641 g/mol. The molecule has 0 aliphatic carbocycles. The Hall–Kier alpha value is -3.94. The largest absolute Gasteiger partial charge is 0.467 e. The summed E-state index contributed by atoms with van der Waals surface area (Å²) >= 11 is 0. The van der Waals surface area contributed by atoms with E-state index >= 15 is 0 Å². The fourth-order valence-corrected chi connectivity index (χ4v) is 8.00. The average molecular weight is 700 g/mol. The minimum atomic E-state index is -0.518. The van der Waals surface area contributed by atoms with E-state index < -0.39 is 6.17 Å². The zero-order chi connectivity index (χ0) is 36.7. The predicted octanol–water partition coefficient (Wildman–Crippen LogP) is 5.86. The molecule has 2 aromatic rings. The number of ether oxygens (including phenoxy) is 1. The van der Waals surface area contributed by atoms with Crippen molar-refractivity contribution in [3.8, 4) is 18.4 Å². The molecule has 10 heteroatoms. The molecule has 3 fully saturated rings. The molecule has 0 bridgehead atoms. The van der Waals surface area contributed by atoms with Crippen molar-refractivity contribution in [2.24, 2.45) is 0 Å². The van der Waals surface area contributed by atoms with Gasteiger partial charge in [0.2, 0.25) is 0 Å². The number of aromatic nitrogens is 2. The molecule has 9 nitrogen and oxygen atoms in total. The summed E-state index contributed by atoms with van der Waals surface area (Å²) in [5.41, 5.74) is 7.98. The van der Waals surface area contributed by atoms with E-state index in [9.17, 15) is 9.18 Å². The van der Waals surface area contributed by atoms with Gasteiger partial charge in [0.05, 0.1) is 30.5 Å². The molecule has 6 rings (SSSR count). The number of benzene rings is 1. The number of likely N-dealkylation sites (N-methyl/N-ethyl adjacent to an activating group) is 2.